The molecule has 0 fully saturated rings. The van der Waals surface area contributed by atoms with Crippen LogP contribution in [0.5, 0.6) is 0 Å². The average Bonchev–Trinajstić information content (AvgIpc) is 3.49. The first-order valence-electron chi connectivity index (χ1n) is 14.7. The van der Waals surface area contributed by atoms with E-state index in [0.717, 1.165) is 49.6 Å². The summed E-state index contributed by atoms with van der Waals surface area (Å²) >= 11 is 0. The lowest BCUT2D eigenvalue weighted by molar-refractivity contribution is 1.30. The number of hydrogen-bond acceptors (Lipinski definition) is 3. The molecule has 0 unspecified atom stereocenters. The molecule has 0 radical (unpaired) electrons. The number of para-hydroxylation sites is 1. The molecule has 0 aliphatic carbocycles. The third kappa shape index (κ3) is 4.00. The fourth-order valence-electron chi connectivity index (χ4n) is 6.41. The van der Waals surface area contributed by atoms with Crippen LogP contribution in [-0.4, -0.2) is 19.4 Å². The van der Waals surface area contributed by atoms with Crippen LogP contribution in [0.3, 0.4) is 0 Å². The van der Waals surface area contributed by atoms with E-state index >= 15 is 0 Å². The summed E-state index contributed by atoms with van der Waals surface area (Å²) in [5.74, 6) is 0. The fraction of sp³-hybridized carbons (Fsp3) is 0. The lowest BCUT2D eigenvalue weighted by Gasteiger charge is -2.19. The zero-order valence-corrected chi connectivity index (χ0v) is 24.6. The minimum atomic E-state index is -0.694. The molecule has 9 rings (SSSR count). The first-order chi connectivity index (χ1) is 21.8. The van der Waals surface area contributed by atoms with E-state index in [-0.39, 0.29) is 0 Å². The van der Waals surface area contributed by atoms with E-state index in [4.69, 9.17) is 9.97 Å². The Labute approximate surface area is 255 Å². The molecule has 0 N–H and O–H groups in total. The van der Waals surface area contributed by atoms with Gasteiger partial charge in [0.15, 0.2) is 0 Å². The van der Waals surface area contributed by atoms with Gasteiger partial charge >= 0.3 is 0 Å². The molecule has 5 aromatic carbocycles. The molecule has 206 valence electrons. The maximum absolute atomic E-state index is 5.15. The number of imidazole rings is 1. The van der Waals surface area contributed by atoms with Crippen molar-refractivity contribution < 1.29 is 0 Å². The third-order valence-corrected chi connectivity index (χ3v) is 10.9. The summed E-state index contributed by atoms with van der Waals surface area (Å²) in [6.07, 6.45) is 5.76. The molecule has 0 saturated heterocycles. The van der Waals surface area contributed by atoms with Gasteiger partial charge in [-0.3, -0.25) is 14.4 Å². The summed E-state index contributed by atoms with van der Waals surface area (Å²) in [7, 11) is -0.694. The summed E-state index contributed by atoms with van der Waals surface area (Å²) in [6, 6.07) is 47.8. The van der Waals surface area contributed by atoms with Gasteiger partial charge in [-0.05, 0) is 77.2 Å². The van der Waals surface area contributed by atoms with Gasteiger partial charge in [-0.25, -0.2) is 4.98 Å². The lowest BCUT2D eigenvalue weighted by Crippen LogP contribution is -2.20. The first kappa shape index (κ1) is 25.1. The van der Waals surface area contributed by atoms with Crippen LogP contribution in [0.4, 0.5) is 0 Å². The third-order valence-electron chi connectivity index (χ3n) is 8.44. The molecule has 0 saturated carbocycles. The normalized spacial score (nSPS) is 11.8. The van der Waals surface area contributed by atoms with E-state index in [1.807, 2.05) is 18.6 Å². The van der Waals surface area contributed by atoms with E-state index in [1.165, 1.54) is 26.7 Å². The summed E-state index contributed by atoms with van der Waals surface area (Å²) < 4.78 is 2.26. The maximum Gasteiger partial charge on any atom is 0.147 e. The summed E-state index contributed by atoms with van der Waals surface area (Å²) in [6.45, 7) is 0. The van der Waals surface area contributed by atoms with Gasteiger partial charge in [0.05, 0.1) is 22.1 Å². The number of benzene rings is 5. The molecule has 0 aliphatic rings. The standard InChI is InChI=1S/C39H25N4P/c1-3-9-29(10-4-1)44(30-11-5-2-6-12-30)31-16-17-35-27(22-31)21-28(24-41-35)26-15-18-38-36(23-26)42-39-34-25-40-20-19-32(34)33-13-7-8-14-37(33)43(38)39/h1-25H. The van der Waals surface area contributed by atoms with E-state index < -0.39 is 7.92 Å². The lowest BCUT2D eigenvalue weighted by atomic mass is 10.0. The van der Waals surface area contributed by atoms with E-state index in [0.29, 0.717) is 0 Å². The Morgan fingerprint density at radius 2 is 1.27 bits per heavy atom. The molecular weight excluding hydrogens is 555 g/mol. The van der Waals surface area contributed by atoms with Crippen LogP contribution in [0.15, 0.2) is 152 Å². The van der Waals surface area contributed by atoms with Crippen LogP contribution in [-0.2, 0) is 0 Å². The van der Waals surface area contributed by atoms with Crippen molar-refractivity contribution >= 4 is 73.1 Å². The highest BCUT2D eigenvalue weighted by Gasteiger charge is 2.18. The van der Waals surface area contributed by atoms with Crippen LogP contribution < -0.4 is 15.9 Å². The van der Waals surface area contributed by atoms with Crippen molar-refractivity contribution in [2.24, 2.45) is 0 Å². The number of nitrogens with zero attached hydrogens (tertiary/aromatic N) is 4. The summed E-state index contributed by atoms with van der Waals surface area (Å²) in [4.78, 5) is 14.5. The number of hydrogen-bond donors (Lipinski definition) is 0. The van der Waals surface area contributed by atoms with Gasteiger partial charge in [-0.1, -0.05) is 91.0 Å². The Bertz CT molecular complexity index is 2470. The highest BCUT2D eigenvalue weighted by molar-refractivity contribution is 7.79. The van der Waals surface area contributed by atoms with Gasteiger partial charge in [0.2, 0.25) is 0 Å². The molecule has 9 aromatic rings. The number of fused-ring (bicyclic) bond motifs is 9. The SMILES string of the molecule is c1ccc(P(c2ccccc2)c2ccc3ncc(-c4ccc5c(c4)nc4c6cnccc6c6ccccc6n54)cc3c2)cc1. The Morgan fingerprint density at radius 3 is 2.09 bits per heavy atom. The smallest absolute Gasteiger partial charge is 0.147 e. The minimum Gasteiger partial charge on any atom is -0.292 e. The quantitative estimate of drug-likeness (QED) is 0.156. The molecule has 0 amide bonds. The van der Waals surface area contributed by atoms with Gasteiger partial charge in [0.1, 0.15) is 5.65 Å². The molecule has 0 atom stereocenters. The Balaban J connectivity index is 1.20. The monoisotopic (exact) mass is 580 g/mol. The Kier molecular flexibility index (Phi) is 5.75. The van der Waals surface area contributed by atoms with Crippen LogP contribution in [0.2, 0.25) is 0 Å². The molecule has 0 spiro atoms. The van der Waals surface area contributed by atoms with Crippen LogP contribution in [0, 0.1) is 0 Å². The van der Waals surface area contributed by atoms with Gasteiger partial charge in [0.25, 0.3) is 0 Å². The molecule has 4 aromatic heterocycles. The molecule has 4 heterocycles. The van der Waals surface area contributed by atoms with Crippen LogP contribution >= 0.6 is 7.92 Å². The Hall–Kier alpha value is -5.44. The molecular formula is C39H25N4P. The number of rotatable bonds is 4. The fourth-order valence-corrected chi connectivity index (χ4v) is 8.73. The second-order valence-electron chi connectivity index (χ2n) is 11.0. The van der Waals surface area contributed by atoms with E-state index in [2.05, 4.69) is 143 Å². The molecule has 5 heteroatoms. The van der Waals surface area contributed by atoms with Gasteiger partial charge in [-0.15, -0.1) is 0 Å². The van der Waals surface area contributed by atoms with Crippen LogP contribution in [0.25, 0.3) is 60.4 Å². The topological polar surface area (TPSA) is 43.1 Å². The molecule has 0 bridgehead atoms. The first-order valence-corrected chi connectivity index (χ1v) is 16.0. The van der Waals surface area contributed by atoms with E-state index in [9.17, 15) is 0 Å². The Morgan fingerprint density at radius 1 is 0.500 bits per heavy atom. The van der Waals surface area contributed by atoms with Crippen LogP contribution in [0.1, 0.15) is 0 Å². The van der Waals surface area contributed by atoms with Crippen molar-refractivity contribution in [2.75, 3.05) is 0 Å². The maximum atomic E-state index is 5.15. The zero-order valence-electron chi connectivity index (χ0n) is 23.7. The predicted octanol–water partition coefficient (Wildman–Crippen LogP) is 8.16. The van der Waals surface area contributed by atoms with E-state index in [1.54, 1.807) is 0 Å². The predicted molar refractivity (Wildman–Crippen MR) is 185 cm³/mol. The molecule has 4 nitrogen and oxygen atoms in total. The van der Waals surface area contributed by atoms with Crippen molar-refractivity contribution in [1.29, 1.82) is 0 Å². The highest BCUT2D eigenvalue weighted by atomic mass is 31.1. The second-order valence-corrected chi connectivity index (χ2v) is 13.2. The van der Waals surface area contributed by atoms with Crippen molar-refractivity contribution in [2.45, 2.75) is 0 Å². The minimum absolute atomic E-state index is 0.694. The average molecular weight is 581 g/mol. The zero-order chi connectivity index (χ0) is 29.0. The largest absolute Gasteiger partial charge is 0.292 e. The van der Waals surface area contributed by atoms with Crippen molar-refractivity contribution in [3.05, 3.63) is 152 Å². The van der Waals surface area contributed by atoms with Crippen molar-refractivity contribution in [3.63, 3.8) is 0 Å². The van der Waals surface area contributed by atoms with Crippen molar-refractivity contribution in [1.82, 2.24) is 19.4 Å². The van der Waals surface area contributed by atoms with Gasteiger partial charge < -0.3 is 0 Å². The molecule has 0 aliphatic heterocycles. The van der Waals surface area contributed by atoms with Crippen molar-refractivity contribution in [3.8, 4) is 11.1 Å². The number of aromatic nitrogens is 4. The summed E-state index contributed by atoms with van der Waals surface area (Å²) in [5, 5.41) is 8.54. The van der Waals surface area contributed by atoms with Gasteiger partial charge in [-0.2, -0.15) is 0 Å². The number of pyridine rings is 3. The summed E-state index contributed by atoms with van der Waals surface area (Å²) in [5.41, 5.74) is 7.27. The highest BCUT2D eigenvalue weighted by Crippen LogP contribution is 2.36. The second kappa shape index (κ2) is 10.1. The molecule has 44 heavy (non-hydrogen) atoms. The van der Waals surface area contributed by atoms with Gasteiger partial charge in [0, 0.05) is 40.3 Å².